The van der Waals surface area contributed by atoms with Gasteiger partial charge in [0.1, 0.15) is 17.4 Å². The van der Waals surface area contributed by atoms with E-state index in [1.165, 1.54) is 5.56 Å². The SMILES string of the molecule is CSc1nc2cccnc2n1-c1ccc(OC2CCN(Cc3ccnnc3)CC2)cc1. The molecule has 3 aromatic heterocycles. The Balaban J connectivity index is 1.23. The Morgan fingerprint density at radius 1 is 1.03 bits per heavy atom. The summed E-state index contributed by atoms with van der Waals surface area (Å²) in [5, 5.41) is 8.74. The molecule has 8 heteroatoms. The van der Waals surface area contributed by atoms with Gasteiger partial charge in [-0.05, 0) is 67.1 Å². The van der Waals surface area contributed by atoms with Crippen LogP contribution in [0.4, 0.5) is 0 Å². The highest BCUT2D eigenvalue weighted by Crippen LogP contribution is 2.27. The van der Waals surface area contributed by atoms with E-state index in [0.29, 0.717) is 0 Å². The number of piperidine rings is 1. The zero-order valence-corrected chi connectivity index (χ0v) is 18.2. The summed E-state index contributed by atoms with van der Waals surface area (Å²) >= 11 is 1.62. The van der Waals surface area contributed by atoms with Crippen molar-refractivity contribution in [2.45, 2.75) is 30.6 Å². The van der Waals surface area contributed by atoms with Crippen LogP contribution >= 0.6 is 11.8 Å². The molecule has 1 saturated heterocycles. The maximum Gasteiger partial charge on any atom is 0.174 e. The number of nitrogens with zero attached hydrogens (tertiary/aromatic N) is 6. The van der Waals surface area contributed by atoms with Gasteiger partial charge in [0.2, 0.25) is 0 Å². The predicted octanol–water partition coefficient (Wildman–Crippen LogP) is 3.98. The third kappa shape index (κ3) is 4.40. The fourth-order valence-electron chi connectivity index (χ4n) is 3.98. The van der Waals surface area contributed by atoms with E-state index in [0.717, 1.165) is 60.2 Å². The summed E-state index contributed by atoms with van der Waals surface area (Å²) in [6.07, 6.45) is 9.72. The highest BCUT2D eigenvalue weighted by atomic mass is 32.2. The van der Waals surface area contributed by atoms with Crippen molar-refractivity contribution in [3.8, 4) is 11.4 Å². The zero-order chi connectivity index (χ0) is 21.0. The molecule has 5 rings (SSSR count). The predicted molar refractivity (Wildman–Crippen MR) is 122 cm³/mol. The van der Waals surface area contributed by atoms with Gasteiger partial charge in [0.25, 0.3) is 0 Å². The van der Waals surface area contributed by atoms with Crippen molar-refractivity contribution >= 4 is 22.9 Å². The molecule has 0 spiro atoms. The number of hydrogen-bond donors (Lipinski definition) is 0. The second-order valence-corrected chi connectivity index (χ2v) is 8.39. The summed E-state index contributed by atoms with van der Waals surface area (Å²) in [6.45, 7) is 2.96. The minimum Gasteiger partial charge on any atom is -0.490 e. The Hall–Kier alpha value is -2.97. The molecule has 1 aliphatic rings. The van der Waals surface area contributed by atoms with Gasteiger partial charge in [0.05, 0.1) is 6.20 Å². The van der Waals surface area contributed by atoms with Gasteiger partial charge >= 0.3 is 0 Å². The number of benzene rings is 1. The summed E-state index contributed by atoms with van der Waals surface area (Å²) < 4.78 is 8.37. The van der Waals surface area contributed by atoms with Gasteiger partial charge in [-0.15, -0.1) is 0 Å². The first-order valence-electron chi connectivity index (χ1n) is 10.4. The lowest BCUT2D eigenvalue weighted by atomic mass is 10.1. The average Bonchev–Trinajstić information content (AvgIpc) is 3.20. The van der Waals surface area contributed by atoms with E-state index in [9.17, 15) is 0 Å². The number of likely N-dealkylation sites (tertiary alicyclic amines) is 1. The summed E-state index contributed by atoms with van der Waals surface area (Å²) in [7, 11) is 0. The van der Waals surface area contributed by atoms with Crippen LogP contribution in [0, 0.1) is 0 Å². The molecule has 0 bridgehead atoms. The van der Waals surface area contributed by atoms with E-state index in [-0.39, 0.29) is 6.10 Å². The number of ether oxygens (including phenoxy) is 1. The van der Waals surface area contributed by atoms with Crippen molar-refractivity contribution in [1.29, 1.82) is 0 Å². The van der Waals surface area contributed by atoms with Crippen molar-refractivity contribution in [3.63, 3.8) is 0 Å². The lowest BCUT2D eigenvalue weighted by molar-refractivity contribution is 0.0967. The van der Waals surface area contributed by atoms with E-state index in [2.05, 4.69) is 41.8 Å². The molecule has 0 saturated carbocycles. The molecule has 31 heavy (non-hydrogen) atoms. The van der Waals surface area contributed by atoms with Gasteiger partial charge in [0, 0.05) is 37.7 Å². The number of rotatable bonds is 6. The van der Waals surface area contributed by atoms with Crippen LogP contribution in [0.3, 0.4) is 0 Å². The summed E-state index contributed by atoms with van der Waals surface area (Å²) in [4.78, 5) is 11.6. The normalized spacial score (nSPS) is 15.4. The van der Waals surface area contributed by atoms with Crippen LogP contribution in [0.25, 0.3) is 16.9 Å². The van der Waals surface area contributed by atoms with Crippen molar-refractivity contribution in [3.05, 3.63) is 66.6 Å². The van der Waals surface area contributed by atoms with Crippen LogP contribution in [0.5, 0.6) is 5.75 Å². The molecular weight excluding hydrogens is 408 g/mol. The highest BCUT2D eigenvalue weighted by molar-refractivity contribution is 7.98. The summed E-state index contributed by atoms with van der Waals surface area (Å²) in [6, 6.07) is 14.2. The Morgan fingerprint density at radius 3 is 2.61 bits per heavy atom. The molecule has 7 nitrogen and oxygen atoms in total. The monoisotopic (exact) mass is 432 g/mol. The quantitative estimate of drug-likeness (QED) is 0.427. The number of hydrogen-bond acceptors (Lipinski definition) is 7. The smallest absolute Gasteiger partial charge is 0.174 e. The van der Waals surface area contributed by atoms with E-state index >= 15 is 0 Å². The number of fused-ring (bicyclic) bond motifs is 1. The first kappa shape index (κ1) is 20.0. The van der Waals surface area contributed by atoms with Gasteiger partial charge in [-0.25, -0.2) is 9.97 Å². The van der Waals surface area contributed by atoms with E-state index in [1.807, 2.05) is 42.8 Å². The van der Waals surface area contributed by atoms with Crippen LogP contribution in [0.15, 0.2) is 66.2 Å². The lowest BCUT2D eigenvalue weighted by Crippen LogP contribution is -2.37. The van der Waals surface area contributed by atoms with Crippen LogP contribution in [-0.4, -0.2) is 55.1 Å². The standard InChI is InChI=1S/C23H24N6OS/c1-31-23-27-21-3-2-11-24-22(21)29(23)18-4-6-19(7-5-18)30-20-9-13-28(14-10-20)16-17-8-12-25-26-15-17/h2-8,11-12,15,20H,9-10,13-14,16H2,1H3. The average molecular weight is 433 g/mol. The van der Waals surface area contributed by atoms with Crippen LogP contribution in [0.1, 0.15) is 18.4 Å². The number of imidazole rings is 1. The molecule has 158 valence electrons. The topological polar surface area (TPSA) is 69.0 Å². The van der Waals surface area contributed by atoms with Crippen molar-refractivity contribution in [1.82, 2.24) is 29.6 Å². The third-order valence-corrected chi connectivity index (χ3v) is 6.19. The number of thioether (sulfide) groups is 1. The molecule has 0 amide bonds. The number of aromatic nitrogens is 5. The maximum atomic E-state index is 6.28. The molecule has 1 fully saturated rings. The van der Waals surface area contributed by atoms with Gasteiger partial charge in [0.15, 0.2) is 10.8 Å². The first-order valence-corrected chi connectivity index (χ1v) is 11.6. The molecule has 4 heterocycles. The van der Waals surface area contributed by atoms with Crippen molar-refractivity contribution in [2.24, 2.45) is 0 Å². The van der Waals surface area contributed by atoms with Gasteiger partial charge in [-0.3, -0.25) is 9.47 Å². The van der Waals surface area contributed by atoms with Crippen molar-refractivity contribution in [2.75, 3.05) is 19.3 Å². The molecule has 0 radical (unpaired) electrons. The molecular formula is C23H24N6OS. The highest BCUT2D eigenvalue weighted by Gasteiger charge is 2.21. The van der Waals surface area contributed by atoms with E-state index in [4.69, 9.17) is 4.74 Å². The fourth-order valence-corrected chi connectivity index (χ4v) is 4.55. The molecule has 1 aromatic carbocycles. The van der Waals surface area contributed by atoms with E-state index in [1.54, 1.807) is 24.2 Å². The van der Waals surface area contributed by atoms with Crippen LogP contribution < -0.4 is 4.74 Å². The second kappa shape index (κ2) is 9.03. The minimum absolute atomic E-state index is 0.246. The zero-order valence-electron chi connectivity index (χ0n) is 17.4. The van der Waals surface area contributed by atoms with E-state index < -0.39 is 0 Å². The first-order chi connectivity index (χ1) is 15.3. The van der Waals surface area contributed by atoms with Crippen LogP contribution in [0.2, 0.25) is 0 Å². The van der Waals surface area contributed by atoms with Gasteiger partial charge in [-0.1, -0.05) is 11.8 Å². The van der Waals surface area contributed by atoms with Crippen molar-refractivity contribution < 1.29 is 4.74 Å². The summed E-state index contributed by atoms with van der Waals surface area (Å²) in [5.74, 6) is 0.906. The Bertz CT molecular complexity index is 1140. The maximum absolute atomic E-state index is 6.28. The Kier molecular flexibility index (Phi) is 5.82. The Labute approximate surface area is 185 Å². The minimum atomic E-state index is 0.246. The lowest BCUT2D eigenvalue weighted by Gasteiger charge is -2.32. The molecule has 0 atom stereocenters. The largest absolute Gasteiger partial charge is 0.490 e. The molecule has 0 N–H and O–H groups in total. The molecule has 4 aromatic rings. The van der Waals surface area contributed by atoms with Gasteiger partial charge in [-0.2, -0.15) is 10.2 Å². The van der Waals surface area contributed by atoms with Gasteiger partial charge < -0.3 is 4.74 Å². The third-order valence-electron chi connectivity index (χ3n) is 5.55. The molecule has 0 unspecified atom stereocenters. The Morgan fingerprint density at radius 2 is 1.87 bits per heavy atom. The second-order valence-electron chi connectivity index (χ2n) is 7.62. The fraction of sp³-hybridized carbons (Fsp3) is 0.304. The van der Waals surface area contributed by atoms with Crippen LogP contribution in [-0.2, 0) is 6.54 Å². The molecule has 1 aliphatic heterocycles. The summed E-state index contributed by atoms with van der Waals surface area (Å²) in [5.41, 5.74) is 4.02. The number of pyridine rings is 1. The molecule has 0 aliphatic carbocycles.